The van der Waals surface area contributed by atoms with E-state index >= 15 is 0 Å². The van der Waals surface area contributed by atoms with Crippen LogP contribution in [-0.4, -0.2) is 75.2 Å². The van der Waals surface area contributed by atoms with Crippen molar-refractivity contribution < 1.29 is 13.2 Å². The lowest BCUT2D eigenvalue weighted by molar-refractivity contribution is 0.0521. The van der Waals surface area contributed by atoms with Crippen LogP contribution < -0.4 is 5.32 Å². The van der Waals surface area contributed by atoms with Crippen molar-refractivity contribution >= 4 is 15.7 Å². The van der Waals surface area contributed by atoms with Gasteiger partial charge in [-0.25, -0.2) is 8.42 Å². The quantitative estimate of drug-likeness (QED) is 0.819. The van der Waals surface area contributed by atoms with E-state index in [1.807, 2.05) is 0 Å². The normalized spacial score (nSPS) is 17.4. The van der Waals surface area contributed by atoms with Gasteiger partial charge in [0.2, 0.25) is 0 Å². The zero-order valence-electron chi connectivity index (χ0n) is 15.6. The Morgan fingerprint density at radius 2 is 1.84 bits per heavy atom. The lowest BCUT2D eigenvalue weighted by Crippen LogP contribution is -2.58. The Morgan fingerprint density at radius 3 is 2.40 bits per heavy atom. The molecule has 0 atom stereocenters. The molecule has 1 aliphatic rings. The average Bonchev–Trinajstić information content (AvgIpc) is 2.59. The Hall–Kier alpha value is -1.44. The van der Waals surface area contributed by atoms with Gasteiger partial charge in [-0.2, -0.15) is 0 Å². The molecule has 1 N–H and O–H groups in total. The third kappa shape index (κ3) is 5.26. The van der Waals surface area contributed by atoms with Gasteiger partial charge in [-0.05, 0) is 38.6 Å². The summed E-state index contributed by atoms with van der Waals surface area (Å²) in [5, 5.41) is 2.95. The number of hydrogen-bond acceptors (Lipinski definition) is 5. The van der Waals surface area contributed by atoms with Gasteiger partial charge in [0.25, 0.3) is 5.91 Å². The number of carbonyl (C=O) groups is 1. The maximum absolute atomic E-state index is 12.4. The lowest BCUT2D eigenvalue weighted by atomic mass is 10.0. The number of sulfone groups is 1. The number of carbonyl (C=O) groups excluding carboxylic acids is 1. The summed E-state index contributed by atoms with van der Waals surface area (Å²) in [5.74, 6) is -0.245. The molecule has 1 saturated heterocycles. The van der Waals surface area contributed by atoms with E-state index in [9.17, 15) is 13.2 Å². The molecule has 1 heterocycles. The average molecular weight is 368 g/mol. The third-order valence-electron chi connectivity index (χ3n) is 4.88. The summed E-state index contributed by atoms with van der Waals surface area (Å²) in [4.78, 5) is 17.4. The minimum Gasteiger partial charge on any atom is -0.350 e. The van der Waals surface area contributed by atoms with Gasteiger partial charge in [-0.15, -0.1) is 0 Å². The SMILES string of the molecule is CCN1CCN(C(C)(C)CNC(=O)c2cccc(S(C)(=O)=O)c2)CC1. The molecule has 140 valence electrons. The summed E-state index contributed by atoms with van der Waals surface area (Å²) in [6, 6.07) is 6.17. The highest BCUT2D eigenvalue weighted by Crippen LogP contribution is 2.17. The second-order valence-corrected chi connectivity index (χ2v) is 9.23. The second-order valence-electron chi connectivity index (χ2n) is 7.22. The molecule has 1 aliphatic heterocycles. The number of nitrogens with zero attached hydrogens (tertiary/aromatic N) is 2. The van der Waals surface area contributed by atoms with Crippen molar-refractivity contribution in [2.75, 3.05) is 45.5 Å². The Morgan fingerprint density at radius 1 is 1.20 bits per heavy atom. The summed E-state index contributed by atoms with van der Waals surface area (Å²) in [6.07, 6.45) is 1.14. The van der Waals surface area contributed by atoms with Crippen molar-refractivity contribution in [1.29, 1.82) is 0 Å². The van der Waals surface area contributed by atoms with E-state index in [2.05, 4.69) is 35.9 Å². The van der Waals surface area contributed by atoms with Crippen LogP contribution in [0.25, 0.3) is 0 Å². The molecule has 0 aliphatic carbocycles. The monoisotopic (exact) mass is 367 g/mol. The summed E-state index contributed by atoms with van der Waals surface area (Å²) >= 11 is 0. The lowest BCUT2D eigenvalue weighted by Gasteiger charge is -2.44. The van der Waals surface area contributed by atoms with Crippen molar-refractivity contribution in [3.63, 3.8) is 0 Å². The van der Waals surface area contributed by atoms with Crippen LogP contribution >= 0.6 is 0 Å². The molecule has 1 aromatic carbocycles. The molecular formula is C18H29N3O3S. The van der Waals surface area contributed by atoms with Crippen LogP contribution in [0.4, 0.5) is 0 Å². The first-order valence-electron chi connectivity index (χ1n) is 8.69. The van der Waals surface area contributed by atoms with Crippen molar-refractivity contribution in [3.8, 4) is 0 Å². The van der Waals surface area contributed by atoms with Gasteiger partial charge in [0.15, 0.2) is 9.84 Å². The zero-order chi connectivity index (χ0) is 18.7. The second kappa shape index (κ2) is 7.85. The fourth-order valence-corrected chi connectivity index (χ4v) is 3.71. The Balaban J connectivity index is 1.97. The first-order chi connectivity index (χ1) is 11.6. The van der Waals surface area contributed by atoms with Crippen molar-refractivity contribution in [2.45, 2.75) is 31.2 Å². The molecule has 0 bridgehead atoms. The van der Waals surface area contributed by atoms with E-state index in [1.165, 1.54) is 12.1 Å². The summed E-state index contributed by atoms with van der Waals surface area (Å²) in [6.45, 7) is 12.1. The molecule has 0 saturated carbocycles. The summed E-state index contributed by atoms with van der Waals surface area (Å²) in [7, 11) is -3.32. The maximum atomic E-state index is 12.4. The van der Waals surface area contributed by atoms with E-state index in [4.69, 9.17) is 0 Å². The molecule has 25 heavy (non-hydrogen) atoms. The molecule has 6 nitrogen and oxygen atoms in total. The number of hydrogen-bond donors (Lipinski definition) is 1. The predicted octanol–water partition coefficient (Wildman–Crippen LogP) is 1.24. The number of likely N-dealkylation sites (N-methyl/N-ethyl adjacent to an activating group) is 1. The van der Waals surface area contributed by atoms with E-state index in [-0.39, 0.29) is 16.3 Å². The highest BCUT2D eigenvalue weighted by atomic mass is 32.2. The highest BCUT2D eigenvalue weighted by molar-refractivity contribution is 7.90. The molecule has 1 aromatic rings. The fourth-order valence-electron chi connectivity index (χ4n) is 3.05. The number of rotatable bonds is 6. The largest absolute Gasteiger partial charge is 0.350 e. The van der Waals surface area contributed by atoms with Crippen LogP contribution in [0.5, 0.6) is 0 Å². The predicted molar refractivity (Wildman–Crippen MR) is 99.7 cm³/mol. The molecule has 7 heteroatoms. The minimum atomic E-state index is -3.32. The number of piperazine rings is 1. The van der Waals surface area contributed by atoms with Gasteiger partial charge in [0.1, 0.15) is 0 Å². The number of nitrogens with one attached hydrogen (secondary N) is 1. The summed E-state index contributed by atoms with van der Waals surface area (Å²) < 4.78 is 23.3. The molecule has 0 radical (unpaired) electrons. The van der Waals surface area contributed by atoms with Crippen molar-refractivity contribution in [1.82, 2.24) is 15.1 Å². The van der Waals surface area contributed by atoms with E-state index in [0.29, 0.717) is 12.1 Å². The van der Waals surface area contributed by atoms with Gasteiger partial charge in [0.05, 0.1) is 4.90 Å². The first-order valence-corrected chi connectivity index (χ1v) is 10.6. The Bertz CT molecular complexity index is 708. The zero-order valence-corrected chi connectivity index (χ0v) is 16.4. The Kier molecular flexibility index (Phi) is 6.24. The van der Waals surface area contributed by atoms with Gasteiger partial charge < -0.3 is 10.2 Å². The van der Waals surface area contributed by atoms with Gasteiger partial charge >= 0.3 is 0 Å². The van der Waals surface area contributed by atoms with Crippen molar-refractivity contribution in [2.24, 2.45) is 0 Å². The third-order valence-corrected chi connectivity index (χ3v) is 5.99. The first kappa shape index (κ1) is 19.9. The van der Waals surface area contributed by atoms with Crippen LogP contribution in [0.1, 0.15) is 31.1 Å². The van der Waals surface area contributed by atoms with Crippen LogP contribution in [0.3, 0.4) is 0 Å². The van der Waals surface area contributed by atoms with E-state index in [0.717, 1.165) is 39.0 Å². The molecule has 0 unspecified atom stereocenters. The van der Waals surface area contributed by atoms with Crippen LogP contribution in [0.15, 0.2) is 29.2 Å². The van der Waals surface area contributed by atoms with Gasteiger partial charge in [-0.1, -0.05) is 13.0 Å². The topological polar surface area (TPSA) is 69.7 Å². The smallest absolute Gasteiger partial charge is 0.251 e. The summed E-state index contributed by atoms with van der Waals surface area (Å²) in [5.41, 5.74) is 0.221. The van der Waals surface area contributed by atoms with Gasteiger partial charge in [-0.3, -0.25) is 9.69 Å². The highest BCUT2D eigenvalue weighted by Gasteiger charge is 2.30. The maximum Gasteiger partial charge on any atom is 0.251 e. The fraction of sp³-hybridized carbons (Fsp3) is 0.611. The van der Waals surface area contributed by atoms with Crippen LogP contribution in [0, 0.1) is 0 Å². The molecular weight excluding hydrogens is 338 g/mol. The molecule has 1 fully saturated rings. The van der Waals surface area contributed by atoms with Crippen molar-refractivity contribution in [3.05, 3.63) is 29.8 Å². The molecule has 2 rings (SSSR count). The number of benzene rings is 1. The minimum absolute atomic E-state index is 0.149. The van der Waals surface area contributed by atoms with Crippen LogP contribution in [-0.2, 0) is 9.84 Å². The Labute approximate surface area is 151 Å². The van der Waals surface area contributed by atoms with E-state index < -0.39 is 9.84 Å². The standard InChI is InChI=1S/C18H29N3O3S/c1-5-20-9-11-21(12-10-20)18(2,3)14-19-17(22)15-7-6-8-16(13-15)25(4,23)24/h6-8,13H,5,9-12,14H2,1-4H3,(H,19,22). The molecule has 1 amide bonds. The van der Waals surface area contributed by atoms with Crippen LogP contribution in [0.2, 0.25) is 0 Å². The van der Waals surface area contributed by atoms with Gasteiger partial charge in [0, 0.05) is 50.1 Å². The number of amides is 1. The van der Waals surface area contributed by atoms with E-state index in [1.54, 1.807) is 12.1 Å². The molecule has 0 aromatic heterocycles. The molecule has 0 spiro atoms.